The lowest BCUT2D eigenvalue weighted by Crippen LogP contribution is -2.22. The van der Waals surface area contributed by atoms with Crippen LogP contribution in [0.2, 0.25) is 0 Å². The molecule has 1 aromatic rings. The molecule has 0 radical (unpaired) electrons. The number of H-pyrrole nitrogens is 2. The summed E-state index contributed by atoms with van der Waals surface area (Å²) < 4.78 is 0. The van der Waals surface area contributed by atoms with Crippen LogP contribution in [0.1, 0.15) is 5.69 Å². The third-order valence-corrected chi connectivity index (χ3v) is 0.995. The zero-order chi connectivity index (χ0) is 8.27. The fraction of sp³-hybridized carbons (Fsp3) is 0. The molecule has 0 unspecified atom stereocenters. The Morgan fingerprint density at radius 1 is 1.45 bits per heavy atom. The number of nitrogens with two attached hydrogens (primary N) is 1. The molecule has 0 bridgehead atoms. The number of hydrogen-bond acceptors (Lipinski definition) is 4. The molecule has 58 valence electrons. The van der Waals surface area contributed by atoms with Crippen molar-refractivity contribution in [3.05, 3.63) is 32.6 Å². The monoisotopic (exact) mass is 154 g/mol. The van der Waals surface area contributed by atoms with E-state index in [1.807, 2.05) is 4.98 Å². The number of nitrogens with one attached hydrogen (secondary N) is 2. The van der Waals surface area contributed by atoms with Gasteiger partial charge in [0.25, 0.3) is 5.56 Å². The standard InChI is InChI=1S/C5H6N4O2/c6-7-2-3-1-4(10)9-5(11)8-3/h1-2H,6H2,(H2,8,9,10,11). The molecule has 0 atom stereocenters. The van der Waals surface area contributed by atoms with Crippen LogP contribution < -0.4 is 17.1 Å². The van der Waals surface area contributed by atoms with E-state index in [1.165, 1.54) is 12.3 Å². The van der Waals surface area contributed by atoms with Crippen molar-refractivity contribution >= 4 is 6.21 Å². The molecule has 1 rings (SSSR count). The smallest absolute Gasteiger partial charge is 0.323 e. The Bertz CT molecular complexity index is 346. The van der Waals surface area contributed by atoms with Gasteiger partial charge in [0, 0.05) is 6.07 Å². The van der Waals surface area contributed by atoms with E-state index in [-0.39, 0.29) is 5.69 Å². The van der Waals surface area contributed by atoms with Gasteiger partial charge in [-0.05, 0) is 0 Å². The fourth-order valence-corrected chi connectivity index (χ4v) is 0.637. The van der Waals surface area contributed by atoms with Gasteiger partial charge in [0.05, 0.1) is 11.9 Å². The van der Waals surface area contributed by atoms with E-state index < -0.39 is 11.2 Å². The summed E-state index contributed by atoms with van der Waals surface area (Å²) in [6.07, 6.45) is 1.18. The first-order valence-electron chi connectivity index (χ1n) is 2.79. The number of aromatic nitrogens is 2. The van der Waals surface area contributed by atoms with Crippen LogP contribution in [0.15, 0.2) is 20.8 Å². The summed E-state index contributed by atoms with van der Waals surface area (Å²) in [7, 11) is 0. The number of hydrogen-bond donors (Lipinski definition) is 3. The second-order valence-corrected chi connectivity index (χ2v) is 1.82. The molecule has 6 nitrogen and oxygen atoms in total. The maximum Gasteiger partial charge on any atom is 0.326 e. The van der Waals surface area contributed by atoms with Crippen molar-refractivity contribution in [2.45, 2.75) is 0 Å². The van der Waals surface area contributed by atoms with E-state index in [4.69, 9.17) is 5.84 Å². The molecule has 0 saturated carbocycles. The Hall–Kier alpha value is -1.85. The molecule has 0 aliphatic carbocycles. The van der Waals surface area contributed by atoms with Gasteiger partial charge < -0.3 is 10.8 Å². The average Bonchev–Trinajstić information content (AvgIpc) is 1.85. The SMILES string of the molecule is NN=Cc1cc(=O)[nH]c(=O)[nH]1. The van der Waals surface area contributed by atoms with Crippen LogP contribution >= 0.6 is 0 Å². The zero-order valence-corrected chi connectivity index (χ0v) is 5.50. The molecule has 0 spiro atoms. The van der Waals surface area contributed by atoms with Crippen LogP contribution in [-0.2, 0) is 0 Å². The Morgan fingerprint density at radius 2 is 2.18 bits per heavy atom. The van der Waals surface area contributed by atoms with E-state index in [0.29, 0.717) is 0 Å². The molecule has 11 heavy (non-hydrogen) atoms. The lowest BCUT2D eigenvalue weighted by Gasteiger charge is -1.87. The summed E-state index contributed by atoms with van der Waals surface area (Å²) in [6, 6.07) is 1.18. The minimum atomic E-state index is -0.576. The second kappa shape index (κ2) is 2.82. The predicted octanol–water partition coefficient (Wildman–Crippen LogP) is -1.64. The third kappa shape index (κ3) is 1.78. The van der Waals surface area contributed by atoms with E-state index in [0.717, 1.165) is 0 Å². The number of nitrogens with zero attached hydrogens (tertiary/aromatic N) is 1. The van der Waals surface area contributed by atoms with Crippen LogP contribution in [0.25, 0.3) is 0 Å². The molecule has 0 aliphatic rings. The average molecular weight is 154 g/mol. The third-order valence-electron chi connectivity index (χ3n) is 0.995. The molecule has 4 N–H and O–H groups in total. The quantitative estimate of drug-likeness (QED) is 0.256. The fourth-order valence-electron chi connectivity index (χ4n) is 0.637. The van der Waals surface area contributed by atoms with E-state index in [2.05, 4.69) is 10.1 Å². The highest BCUT2D eigenvalue weighted by atomic mass is 16.2. The maximum atomic E-state index is 10.6. The molecule has 6 heteroatoms. The number of rotatable bonds is 1. The van der Waals surface area contributed by atoms with Gasteiger partial charge in [-0.2, -0.15) is 5.10 Å². The van der Waals surface area contributed by atoms with Gasteiger partial charge in [0.2, 0.25) is 0 Å². The lowest BCUT2D eigenvalue weighted by atomic mass is 10.4. The molecular formula is C5H6N4O2. The van der Waals surface area contributed by atoms with Crippen molar-refractivity contribution in [3.63, 3.8) is 0 Å². The van der Waals surface area contributed by atoms with Crippen molar-refractivity contribution in [1.82, 2.24) is 9.97 Å². The minimum Gasteiger partial charge on any atom is -0.323 e. The molecular weight excluding hydrogens is 148 g/mol. The second-order valence-electron chi connectivity index (χ2n) is 1.82. The summed E-state index contributed by atoms with van der Waals surface area (Å²) in [5.41, 5.74) is -0.780. The van der Waals surface area contributed by atoms with Gasteiger partial charge in [0.1, 0.15) is 0 Å². The van der Waals surface area contributed by atoms with Crippen molar-refractivity contribution < 1.29 is 0 Å². The first-order valence-corrected chi connectivity index (χ1v) is 2.79. The normalized spacial score (nSPS) is 10.5. The molecule has 0 aromatic carbocycles. The minimum absolute atomic E-state index is 0.279. The van der Waals surface area contributed by atoms with Crippen LogP contribution in [0.4, 0.5) is 0 Å². The van der Waals surface area contributed by atoms with Crippen molar-refractivity contribution in [3.8, 4) is 0 Å². The Kier molecular flexibility index (Phi) is 1.86. The first-order chi connectivity index (χ1) is 5.22. The van der Waals surface area contributed by atoms with Gasteiger partial charge >= 0.3 is 5.69 Å². The molecule has 0 amide bonds. The topological polar surface area (TPSA) is 104 Å². The highest BCUT2D eigenvalue weighted by molar-refractivity contribution is 5.76. The maximum absolute atomic E-state index is 10.6. The molecule has 0 saturated heterocycles. The van der Waals surface area contributed by atoms with E-state index in [1.54, 1.807) is 0 Å². The zero-order valence-electron chi connectivity index (χ0n) is 5.50. The summed E-state index contributed by atoms with van der Waals surface area (Å²) in [4.78, 5) is 25.5. The van der Waals surface area contributed by atoms with Crippen molar-refractivity contribution in [2.24, 2.45) is 10.9 Å². The largest absolute Gasteiger partial charge is 0.326 e. The Balaban J connectivity index is 3.30. The van der Waals surface area contributed by atoms with Gasteiger partial charge in [-0.25, -0.2) is 4.79 Å². The van der Waals surface area contributed by atoms with Crippen LogP contribution in [0, 0.1) is 0 Å². The van der Waals surface area contributed by atoms with E-state index in [9.17, 15) is 9.59 Å². The van der Waals surface area contributed by atoms with Gasteiger partial charge in [-0.1, -0.05) is 0 Å². The lowest BCUT2D eigenvalue weighted by molar-refractivity contribution is 1.03. The molecule has 1 aromatic heterocycles. The predicted molar refractivity (Wildman–Crippen MR) is 39.5 cm³/mol. The van der Waals surface area contributed by atoms with Crippen molar-refractivity contribution in [2.75, 3.05) is 0 Å². The Labute approximate surface area is 60.8 Å². The first kappa shape index (κ1) is 7.26. The highest BCUT2D eigenvalue weighted by Gasteiger charge is 1.90. The number of aromatic amines is 2. The van der Waals surface area contributed by atoms with Gasteiger partial charge in [-0.3, -0.25) is 9.78 Å². The molecule has 0 aliphatic heterocycles. The Morgan fingerprint density at radius 3 is 2.73 bits per heavy atom. The number of hydrazone groups is 1. The summed E-state index contributed by atoms with van der Waals surface area (Å²) in [5.74, 6) is 4.80. The summed E-state index contributed by atoms with van der Waals surface area (Å²) in [6.45, 7) is 0. The van der Waals surface area contributed by atoms with E-state index >= 15 is 0 Å². The van der Waals surface area contributed by atoms with Gasteiger partial charge in [-0.15, -0.1) is 0 Å². The van der Waals surface area contributed by atoms with Gasteiger partial charge in [0.15, 0.2) is 0 Å². The van der Waals surface area contributed by atoms with Crippen LogP contribution in [-0.4, -0.2) is 16.2 Å². The van der Waals surface area contributed by atoms with Crippen LogP contribution in [0.5, 0.6) is 0 Å². The highest BCUT2D eigenvalue weighted by Crippen LogP contribution is 1.74. The summed E-state index contributed by atoms with van der Waals surface area (Å²) >= 11 is 0. The van der Waals surface area contributed by atoms with Crippen LogP contribution in [0.3, 0.4) is 0 Å². The molecule has 0 fully saturated rings. The molecule has 1 heterocycles. The van der Waals surface area contributed by atoms with Crippen molar-refractivity contribution in [1.29, 1.82) is 0 Å². The summed E-state index contributed by atoms with van der Waals surface area (Å²) in [5, 5.41) is 3.14.